The summed E-state index contributed by atoms with van der Waals surface area (Å²) >= 11 is 5.92. The van der Waals surface area contributed by atoms with Gasteiger partial charge in [-0.1, -0.05) is 18.5 Å². The van der Waals surface area contributed by atoms with Crippen molar-refractivity contribution in [1.82, 2.24) is 5.32 Å². The van der Waals surface area contributed by atoms with Gasteiger partial charge in [-0.3, -0.25) is 15.0 Å². The number of imide groups is 1. The average molecular weight is 269 g/mol. The lowest BCUT2D eigenvalue weighted by atomic mass is 10.1. The number of carbonyl (C=O) groups excluding carboxylic acids is 2. The SMILES string of the molecule is COc1ccc(Cl)cc1N1CC(C)C(=O)NC1=O. The van der Waals surface area contributed by atoms with Crippen LogP contribution in [0.5, 0.6) is 5.75 Å². The van der Waals surface area contributed by atoms with E-state index in [4.69, 9.17) is 16.3 Å². The number of carbonyl (C=O) groups is 2. The van der Waals surface area contributed by atoms with Crippen LogP contribution in [0.1, 0.15) is 6.92 Å². The quantitative estimate of drug-likeness (QED) is 0.893. The van der Waals surface area contributed by atoms with Crippen LogP contribution in [0.25, 0.3) is 0 Å². The maximum absolute atomic E-state index is 11.8. The van der Waals surface area contributed by atoms with Crippen molar-refractivity contribution in [3.63, 3.8) is 0 Å². The van der Waals surface area contributed by atoms with Crippen LogP contribution in [0.15, 0.2) is 18.2 Å². The van der Waals surface area contributed by atoms with E-state index in [1.807, 2.05) is 0 Å². The van der Waals surface area contributed by atoms with Gasteiger partial charge in [-0.2, -0.15) is 0 Å². The van der Waals surface area contributed by atoms with Gasteiger partial charge in [-0.05, 0) is 18.2 Å². The van der Waals surface area contributed by atoms with Crippen LogP contribution in [-0.2, 0) is 4.79 Å². The highest BCUT2D eigenvalue weighted by Crippen LogP contribution is 2.32. The molecule has 2 rings (SSSR count). The highest BCUT2D eigenvalue weighted by atomic mass is 35.5. The fraction of sp³-hybridized carbons (Fsp3) is 0.333. The number of benzene rings is 1. The molecule has 0 saturated carbocycles. The summed E-state index contributed by atoms with van der Waals surface area (Å²) in [6.07, 6.45) is 0. The Bertz CT molecular complexity index is 504. The summed E-state index contributed by atoms with van der Waals surface area (Å²) in [4.78, 5) is 24.7. The number of hydrogen-bond donors (Lipinski definition) is 1. The van der Waals surface area contributed by atoms with E-state index in [2.05, 4.69) is 5.32 Å². The van der Waals surface area contributed by atoms with Gasteiger partial charge in [-0.15, -0.1) is 0 Å². The van der Waals surface area contributed by atoms with Crippen LogP contribution >= 0.6 is 11.6 Å². The van der Waals surface area contributed by atoms with Gasteiger partial charge in [0.2, 0.25) is 5.91 Å². The fourth-order valence-corrected chi connectivity index (χ4v) is 1.98. The van der Waals surface area contributed by atoms with Crippen molar-refractivity contribution in [3.05, 3.63) is 23.2 Å². The van der Waals surface area contributed by atoms with Crippen LogP contribution in [0.3, 0.4) is 0 Å². The number of rotatable bonds is 2. The van der Waals surface area contributed by atoms with Gasteiger partial charge in [0.1, 0.15) is 5.75 Å². The number of ether oxygens (including phenoxy) is 1. The fourth-order valence-electron chi connectivity index (χ4n) is 1.82. The molecule has 1 fully saturated rings. The molecule has 0 bridgehead atoms. The second-order valence-electron chi connectivity index (χ2n) is 4.12. The predicted octanol–water partition coefficient (Wildman–Crippen LogP) is 2.04. The van der Waals surface area contributed by atoms with Gasteiger partial charge in [-0.25, -0.2) is 4.79 Å². The Morgan fingerprint density at radius 3 is 2.83 bits per heavy atom. The topological polar surface area (TPSA) is 58.6 Å². The zero-order valence-corrected chi connectivity index (χ0v) is 10.8. The van der Waals surface area contributed by atoms with Crippen LogP contribution in [0.4, 0.5) is 10.5 Å². The summed E-state index contributed by atoms with van der Waals surface area (Å²) in [6.45, 7) is 2.06. The van der Waals surface area contributed by atoms with Crippen molar-refractivity contribution in [3.8, 4) is 5.75 Å². The Kier molecular flexibility index (Phi) is 3.43. The summed E-state index contributed by atoms with van der Waals surface area (Å²) in [7, 11) is 1.52. The van der Waals surface area contributed by atoms with Gasteiger partial charge in [0.25, 0.3) is 0 Å². The third-order valence-corrected chi connectivity index (χ3v) is 3.05. The van der Waals surface area contributed by atoms with Crippen molar-refractivity contribution in [2.75, 3.05) is 18.6 Å². The van der Waals surface area contributed by atoms with Gasteiger partial charge in [0, 0.05) is 11.6 Å². The molecular formula is C12H13ClN2O3. The number of urea groups is 1. The molecule has 5 nitrogen and oxygen atoms in total. The molecule has 1 unspecified atom stereocenters. The first-order chi connectivity index (χ1) is 8.52. The maximum atomic E-state index is 11.8. The Balaban J connectivity index is 2.38. The molecule has 1 atom stereocenters. The third-order valence-electron chi connectivity index (χ3n) is 2.81. The molecular weight excluding hydrogens is 256 g/mol. The molecule has 1 aromatic carbocycles. The number of anilines is 1. The molecule has 1 aliphatic heterocycles. The molecule has 3 amide bonds. The van der Waals surface area contributed by atoms with Gasteiger partial charge < -0.3 is 4.74 Å². The first kappa shape index (κ1) is 12.7. The molecule has 1 heterocycles. The molecule has 18 heavy (non-hydrogen) atoms. The molecule has 0 radical (unpaired) electrons. The Morgan fingerprint density at radius 2 is 2.17 bits per heavy atom. The van der Waals surface area contributed by atoms with E-state index in [1.165, 1.54) is 12.0 Å². The smallest absolute Gasteiger partial charge is 0.328 e. The van der Waals surface area contributed by atoms with Crippen LogP contribution in [-0.4, -0.2) is 25.6 Å². The number of methoxy groups -OCH3 is 1. The summed E-state index contributed by atoms with van der Waals surface area (Å²) in [6, 6.07) is 4.55. The molecule has 0 aromatic heterocycles. The number of hydrogen-bond acceptors (Lipinski definition) is 3. The Labute approximate surface area is 110 Å². The molecule has 0 spiro atoms. The Hall–Kier alpha value is -1.75. The number of halogens is 1. The van der Waals surface area contributed by atoms with E-state index in [1.54, 1.807) is 25.1 Å². The summed E-state index contributed by atoms with van der Waals surface area (Å²) in [5.74, 6) is -0.000248. The Morgan fingerprint density at radius 1 is 1.44 bits per heavy atom. The van der Waals surface area contributed by atoms with E-state index in [0.29, 0.717) is 23.0 Å². The van der Waals surface area contributed by atoms with Crippen molar-refractivity contribution >= 4 is 29.2 Å². The monoisotopic (exact) mass is 268 g/mol. The van der Waals surface area contributed by atoms with E-state index < -0.39 is 6.03 Å². The minimum absolute atomic E-state index is 0.266. The summed E-state index contributed by atoms with van der Waals surface area (Å²) in [5, 5.41) is 2.80. The van der Waals surface area contributed by atoms with E-state index in [9.17, 15) is 9.59 Å². The highest BCUT2D eigenvalue weighted by molar-refractivity contribution is 6.31. The van der Waals surface area contributed by atoms with Crippen LogP contribution in [0.2, 0.25) is 5.02 Å². The first-order valence-corrected chi connectivity index (χ1v) is 5.86. The number of amides is 3. The van der Waals surface area contributed by atoms with Crippen molar-refractivity contribution in [2.45, 2.75) is 6.92 Å². The molecule has 96 valence electrons. The minimum atomic E-state index is -0.460. The van der Waals surface area contributed by atoms with E-state index >= 15 is 0 Å². The van der Waals surface area contributed by atoms with E-state index in [-0.39, 0.29) is 11.8 Å². The van der Waals surface area contributed by atoms with Gasteiger partial charge in [0.15, 0.2) is 0 Å². The molecule has 1 aliphatic rings. The molecule has 1 N–H and O–H groups in total. The van der Waals surface area contributed by atoms with Crippen molar-refractivity contribution in [2.24, 2.45) is 5.92 Å². The van der Waals surface area contributed by atoms with Crippen molar-refractivity contribution in [1.29, 1.82) is 0 Å². The van der Waals surface area contributed by atoms with E-state index in [0.717, 1.165) is 0 Å². The average Bonchev–Trinajstić information content (AvgIpc) is 2.34. The molecule has 1 aromatic rings. The normalized spacial score (nSPS) is 19.7. The lowest BCUT2D eigenvalue weighted by Crippen LogP contribution is -2.54. The zero-order chi connectivity index (χ0) is 13.3. The standard InChI is InChI=1S/C12H13ClN2O3/c1-7-6-15(12(17)14-11(7)16)9-5-8(13)3-4-10(9)18-2/h3-5,7H,6H2,1-2H3,(H,14,16,17). The largest absolute Gasteiger partial charge is 0.495 e. The minimum Gasteiger partial charge on any atom is -0.495 e. The van der Waals surface area contributed by atoms with Crippen LogP contribution in [0, 0.1) is 5.92 Å². The first-order valence-electron chi connectivity index (χ1n) is 5.49. The highest BCUT2D eigenvalue weighted by Gasteiger charge is 2.31. The number of nitrogens with zero attached hydrogens (tertiary/aromatic N) is 1. The second kappa shape index (κ2) is 4.86. The van der Waals surface area contributed by atoms with Gasteiger partial charge >= 0.3 is 6.03 Å². The van der Waals surface area contributed by atoms with Crippen molar-refractivity contribution < 1.29 is 14.3 Å². The second-order valence-corrected chi connectivity index (χ2v) is 4.56. The summed E-state index contributed by atoms with van der Waals surface area (Å²) < 4.78 is 5.20. The summed E-state index contributed by atoms with van der Waals surface area (Å²) in [5.41, 5.74) is 0.557. The van der Waals surface area contributed by atoms with Crippen LogP contribution < -0.4 is 15.0 Å². The third kappa shape index (κ3) is 2.26. The molecule has 1 saturated heterocycles. The lowest BCUT2D eigenvalue weighted by Gasteiger charge is -2.31. The zero-order valence-electron chi connectivity index (χ0n) is 10.1. The predicted molar refractivity (Wildman–Crippen MR) is 68.1 cm³/mol. The molecule has 0 aliphatic carbocycles. The molecule has 6 heteroatoms. The number of nitrogens with one attached hydrogen (secondary N) is 1. The maximum Gasteiger partial charge on any atom is 0.328 e. The van der Waals surface area contributed by atoms with Gasteiger partial charge in [0.05, 0.1) is 18.7 Å². The lowest BCUT2D eigenvalue weighted by molar-refractivity contribution is -0.123.